The van der Waals surface area contributed by atoms with Crippen molar-refractivity contribution in [1.82, 2.24) is 5.32 Å². The SMILES string of the molecule is O=C(Nc1cc(C(F)(F)F)ccc1Cl)C1CSCN1. The van der Waals surface area contributed by atoms with Gasteiger partial charge < -0.3 is 5.32 Å². The maximum Gasteiger partial charge on any atom is 0.416 e. The van der Waals surface area contributed by atoms with Crippen molar-refractivity contribution in [2.24, 2.45) is 0 Å². The smallest absolute Gasteiger partial charge is 0.323 e. The predicted molar refractivity (Wildman–Crippen MR) is 69.3 cm³/mol. The lowest BCUT2D eigenvalue weighted by Gasteiger charge is -2.14. The molecule has 1 unspecified atom stereocenters. The summed E-state index contributed by atoms with van der Waals surface area (Å²) in [5.41, 5.74) is -0.874. The zero-order valence-electron chi connectivity index (χ0n) is 9.55. The summed E-state index contributed by atoms with van der Waals surface area (Å²) in [5, 5.41) is 5.42. The molecule has 1 aromatic rings. The molecule has 1 fully saturated rings. The summed E-state index contributed by atoms with van der Waals surface area (Å²) in [4.78, 5) is 11.8. The van der Waals surface area contributed by atoms with Crippen molar-refractivity contribution in [1.29, 1.82) is 0 Å². The molecule has 2 rings (SSSR count). The average molecular weight is 311 g/mol. The molecule has 0 saturated carbocycles. The van der Waals surface area contributed by atoms with Crippen LogP contribution in [0.4, 0.5) is 18.9 Å². The van der Waals surface area contributed by atoms with Gasteiger partial charge in [-0.1, -0.05) is 11.6 Å². The van der Waals surface area contributed by atoms with Crippen LogP contribution in [0.25, 0.3) is 0 Å². The van der Waals surface area contributed by atoms with Gasteiger partial charge in [-0.05, 0) is 18.2 Å². The summed E-state index contributed by atoms with van der Waals surface area (Å²) in [6.07, 6.45) is -4.47. The first-order valence-electron chi connectivity index (χ1n) is 5.36. The van der Waals surface area contributed by atoms with E-state index in [1.807, 2.05) is 0 Å². The van der Waals surface area contributed by atoms with Crippen LogP contribution in [0.3, 0.4) is 0 Å². The Bertz CT molecular complexity index is 489. The van der Waals surface area contributed by atoms with Gasteiger partial charge in [-0.15, -0.1) is 11.8 Å². The third-order valence-corrected chi connectivity index (χ3v) is 3.85. The van der Waals surface area contributed by atoms with E-state index >= 15 is 0 Å². The van der Waals surface area contributed by atoms with Gasteiger partial charge in [-0.25, -0.2) is 0 Å². The molecule has 0 aliphatic carbocycles. The van der Waals surface area contributed by atoms with Gasteiger partial charge in [0.2, 0.25) is 5.91 Å². The summed E-state index contributed by atoms with van der Waals surface area (Å²) >= 11 is 7.34. The number of nitrogens with one attached hydrogen (secondary N) is 2. The number of hydrogen-bond acceptors (Lipinski definition) is 3. The minimum absolute atomic E-state index is 0.0276. The lowest BCUT2D eigenvalue weighted by molar-refractivity contribution is -0.137. The number of anilines is 1. The van der Waals surface area contributed by atoms with E-state index in [1.165, 1.54) is 0 Å². The summed E-state index contributed by atoms with van der Waals surface area (Å²) in [6.45, 7) is 0. The minimum Gasteiger partial charge on any atom is -0.323 e. The van der Waals surface area contributed by atoms with Gasteiger partial charge in [0.05, 0.1) is 22.3 Å². The number of hydrogen-bond donors (Lipinski definition) is 2. The lowest BCUT2D eigenvalue weighted by Crippen LogP contribution is -2.37. The van der Waals surface area contributed by atoms with Crippen LogP contribution in [0.5, 0.6) is 0 Å². The fourth-order valence-corrected chi connectivity index (χ4v) is 2.69. The molecule has 0 radical (unpaired) electrons. The number of halogens is 4. The highest BCUT2D eigenvalue weighted by molar-refractivity contribution is 7.99. The van der Waals surface area contributed by atoms with E-state index in [2.05, 4.69) is 10.6 Å². The summed E-state index contributed by atoms with van der Waals surface area (Å²) in [6, 6.07) is 2.43. The van der Waals surface area contributed by atoms with Gasteiger partial charge in [0.25, 0.3) is 0 Å². The van der Waals surface area contributed by atoms with Crippen LogP contribution in [0.1, 0.15) is 5.56 Å². The van der Waals surface area contributed by atoms with Gasteiger partial charge in [0.15, 0.2) is 0 Å². The van der Waals surface area contributed by atoms with Gasteiger partial charge in [-0.2, -0.15) is 13.2 Å². The second-order valence-electron chi connectivity index (χ2n) is 3.95. The Labute approximate surface area is 116 Å². The molecule has 104 valence electrons. The van der Waals surface area contributed by atoms with E-state index in [-0.39, 0.29) is 16.6 Å². The van der Waals surface area contributed by atoms with E-state index in [0.29, 0.717) is 11.6 Å². The molecule has 1 atom stereocenters. The highest BCUT2D eigenvalue weighted by atomic mass is 35.5. The molecular weight excluding hydrogens is 301 g/mol. The first kappa shape index (κ1) is 14.5. The molecule has 2 N–H and O–H groups in total. The van der Waals surface area contributed by atoms with E-state index in [9.17, 15) is 18.0 Å². The van der Waals surface area contributed by atoms with E-state index in [1.54, 1.807) is 11.8 Å². The van der Waals surface area contributed by atoms with Gasteiger partial charge in [0, 0.05) is 11.6 Å². The fourth-order valence-electron chi connectivity index (χ4n) is 1.58. The fraction of sp³-hybridized carbons (Fsp3) is 0.364. The molecule has 0 spiro atoms. The number of amides is 1. The normalized spacial score (nSPS) is 19.5. The third-order valence-electron chi connectivity index (χ3n) is 2.58. The van der Waals surface area contributed by atoms with Gasteiger partial charge in [0.1, 0.15) is 0 Å². The highest BCUT2D eigenvalue weighted by Gasteiger charge is 2.31. The van der Waals surface area contributed by atoms with Gasteiger partial charge in [-0.3, -0.25) is 10.1 Å². The summed E-state index contributed by atoms with van der Waals surface area (Å²) in [5.74, 6) is 0.850. The van der Waals surface area contributed by atoms with Crippen LogP contribution in [0.2, 0.25) is 5.02 Å². The van der Waals surface area contributed by atoms with Crippen molar-refractivity contribution < 1.29 is 18.0 Å². The first-order chi connectivity index (χ1) is 8.88. The number of carbonyl (C=O) groups is 1. The van der Waals surface area contributed by atoms with Crippen molar-refractivity contribution in [2.75, 3.05) is 16.9 Å². The Kier molecular flexibility index (Phi) is 4.27. The van der Waals surface area contributed by atoms with E-state index in [0.717, 1.165) is 18.2 Å². The van der Waals surface area contributed by atoms with Crippen LogP contribution in [0, 0.1) is 0 Å². The predicted octanol–water partition coefficient (Wildman–Crippen LogP) is 2.96. The maximum absolute atomic E-state index is 12.6. The topological polar surface area (TPSA) is 41.1 Å². The zero-order valence-corrected chi connectivity index (χ0v) is 11.1. The molecular formula is C11H10ClF3N2OS. The third kappa shape index (κ3) is 3.55. The molecule has 8 heteroatoms. The molecule has 0 aromatic heterocycles. The van der Waals surface area contributed by atoms with Crippen LogP contribution in [-0.2, 0) is 11.0 Å². The second-order valence-corrected chi connectivity index (χ2v) is 5.39. The van der Waals surface area contributed by atoms with Gasteiger partial charge >= 0.3 is 6.18 Å². The van der Waals surface area contributed by atoms with Crippen molar-refractivity contribution in [2.45, 2.75) is 12.2 Å². The Morgan fingerprint density at radius 1 is 1.47 bits per heavy atom. The molecule has 19 heavy (non-hydrogen) atoms. The Balaban J connectivity index is 2.17. The summed E-state index contributed by atoms with van der Waals surface area (Å²) in [7, 11) is 0. The Morgan fingerprint density at radius 3 is 2.79 bits per heavy atom. The molecule has 1 aliphatic heterocycles. The highest BCUT2D eigenvalue weighted by Crippen LogP contribution is 2.33. The van der Waals surface area contributed by atoms with E-state index in [4.69, 9.17) is 11.6 Å². The quantitative estimate of drug-likeness (QED) is 0.882. The molecule has 1 aliphatic rings. The van der Waals surface area contributed by atoms with Crippen LogP contribution < -0.4 is 10.6 Å². The van der Waals surface area contributed by atoms with Crippen molar-refractivity contribution in [3.05, 3.63) is 28.8 Å². The molecule has 1 amide bonds. The molecule has 1 saturated heterocycles. The van der Waals surface area contributed by atoms with E-state index < -0.39 is 17.8 Å². The van der Waals surface area contributed by atoms with Crippen LogP contribution in [-0.4, -0.2) is 23.6 Å². The maximum atomic E-state index is 12.6. The van der Waals surface area contributed by atoms with Crippen molar-refractivity contribution in [3.8, 4) is 0 Å². The molecule has 1 heterocycles. The standard InChI is InChI=1S/C11H10ClF3N2OS/c12-7-2-1-6(11(13,14)15)3-8(7)17-10(18)9-4-19-5-16-9/h1-3,9,16H,4-5H2,(H,17,18). The van der Waals surface area contributed by atoms with Crippen molar-refractivity contribution in [3.63, 3.8) is 0 Å². The summed E-state index contributed by atoms with van der Waals surface area (Å²) < 4.78 is 37.7. The van der Waals surface area contributed by atoms with Crippen LogP contribution in [0.15, 0.2) is 18.2 Å². The molecule has 0 bridgehead atoms. The zero-order chi connectivity index (χ0) is 14.0. The lowest BCUT2D eigenvalue weighted by atomic mass is 10.2. The first-order valence-corrected chi connectivity index (χ1v) is 6.90. The molecule has 3 nitrogen and oxygen atoms in total. The average Bonchev–Trinajstić information content (AvgIpc) is 2.84. The second kappa shape index (κ2) is 5.60. The number of benzene rings is 1. The van der Waals surface area contributed by atoms with Crippen LogP contribution >= 0.6 is 23.4 Å². The number of thioether (sulfide) groups is 1. The molecule has 1 aromatic carbocycles. The number of carbonyl (C=O) groups excluding carboxylic acids is 1. The largest absolute Gasteiger partial charge is 0.416 e. The minimum atomic E-state index is -4.47. The Hall–Kier alpha value is -0.920. The number of alkyl halides is 3. The Morgan fingerprint density at radius 2 is 2.21 bits per heavy atom. The number of rotatable bonds is 2. The van der Waals surface area contributed by atoms with Crippen molar-refractivity contribution >= 4 is 35.0 Å². The monoisotopic (exact) mass is 310 g/mol.